The van der Waals surface area contributed by atoms with Crippen molar-refractivity contribution >= 4 is 40.2 Å². The molecule has 5 aromatic rings. The first-order valence-corrected chi connectivity index (χ1v) is 16.1. The fraction of sp³-hybridized carbons (Fsp3) is 0.278. The van der Waals surface area contributed by atoms with E-state index in [0.717, 1.165) is 28.2 Å². The van der Waals surface area contributed by atoms with Gasteiger partial charge in [0, 0.05) is 31.6 Å². The molecule has 2 aliphatic heterocycles. The third-order valence-corrected chi connectivity index (χ3v) is 9.49. The minimum absolute atomic E-state index is 0.00277. The van der Waals surface area contributed by atoms with Gasteiger partial charge in [-0.2, -0.15) is 14.4 Å². The minimum atomic E-state index is -1.09. The number of anilines is 2. The molecule has 1 amide bonds. The van der Waals surface area contributed by atoms with Crippen LogP contribution in [0.3, 0.4) is 0 Å². The summed E-state index contributed by atoms with van der Waals surface area (Å²) in [7, 11) is 3.23. The van der Waals surface area contributed by atoms with Gasteiger partial charge < -0.3 is 29.3 Å². The molecule has 2 fully saturated rings. The normalized spacial score (nSPS) is 16.8. The molecule has 252 valence electrons. The lowest BCUT2D eigenvalue weighted by atomic mass is 10.0. The molecule has 10 nitrogen and oxygen atoms in total. The molecule has 0 radical (unpaired) electrons. The summed E-state index contributed by atoms with van der Waals surface area (Å²) < 4.78 is 42.2. The highest BCUT2D eigenvalue weighted by Gasteiger charge is 2.46. The maximum Gasteiger partial charge on any atom is 0.407 e. The summed E-state index contributed by atoms with van der Waals surface area (Å²) in [6.07, 6.45) is -1.51. The average molecular weight is 687 g/mol. The minimum Gasteiger partial charge on any atom is -0.497 e. The van der Waals surface area contributed by atoms with Crippen LogP contribution in [0.4, 0.5) is 25.2 Å². The summed E-state index contributed by atoms with van der Waals surface area (Å²) in [6, 6.07) is 20.2. The van der Waals surface area contributed by atoms with Gasteiger partial charge in [-0.3, -0.25) is 0 Å². The summed E-state index contributed by atoms with van der Waals surface area (Å²) >= 11 is 6.84. The third kappa shape index (κ3) is 6.24. The van der Waals surface area contributed by atoms with Gasteiger partial charge in [-0.15, -0.1) is 0 Å². The first-order chi connectivity index (χ1) is 23.6. The van der Waals surface area contributed by atoms with Crippen LogP contribution in [0.1, 0.15) is 23.1 Å². The Morgan fingerprint density at radius 1 is 0.918 bits per heavy atom. The summed E-state index contributed by atoms with van der Waals surface area (Å²) in [6.45, 7) is 3.42. The van der Waals surface area contributed by atoms with E-state index < -0.39 is 18.0 Å². The molecule has 2 saturated heterocycles. The Morgan fingerprint density at radius 3 is 2.10 bits per heavy atom. The Balaban J connectivity index is 1.28. The van der Waals surface area contributed by atoms with E-state index in [9.17, 15) is 14.3 Å². The lowest BCUT2D eigenvalue weighted by molar-refractivity contribution is 0.137. The lowest BCUT2D eigenvalue weighted by Crippen LogP contribution is -2.48. The number of halogens is 3. The number of piperazine rings is 1. The van der Waals surface area contributed by atoms with Crippen LogP contribution in [0.2, 0.25) is 5.02 Å². The van der Waals surface area contributed by atoms with Gasteiger partial charge in [0.1, 0.15) is 28.7 Å². The number of benzene rings is 3. The van der Waals surface area contributed by atoms with E-state index in [1.54, 1.807) is 26.4 Å². The maximum atomic E-state index is 16.6. The third-order valence-electron chi connectivity index (χ3n) is 9.20. The van der Waals surface area contributed by atoms with E-state index in [4.69, 9.17) is 26.1 Å². The number of hydrogen-bond donors (Lipinski definition) is 1. The Hall–Kier alpha value is -5.23. The van der Waals surface area contributed by atoms with Gasteiger partial charge >= 0.3 is 12.2 Å². The molecule has 1 N–H and O–H groups in total. The van der Waals surface area contributed by atoms with Crippen LogP contribution in [0.5, 0.6) is 11.5 Å². The van der Waals surface area contributed by atoms with Crippen LogP contribution in [-0.2, 0) is 13.1 Å². The highest BCUT2D eigenvalue weighted by Crippen LogP contribution is 2.41. The molecular weight excluding hydrogens is 654 g/mol. The number of carboxylic acid groups (broad SMARTS) is 1. The van der Waals surface area contributed by atoms with E-state index in [0.29, 0.717) is 31.9 Å². The second kappa shape index (κ2) is 13.0. The fourth-order valence-electron chi connectivity index (χ4n) is 6.83. The van der Waals surface area contributed by atoms with Crippen LogP contribution in [-0.4, -0.2) is 70.4 Å². The molecule has 4 heterocycles. The smallest absolute Gasteiger partial charge is 0.407 e. The Kier molecular flexibility index (Phi) is 8.57. The van der Waals surface area contributed by atoms with Crippen LogP contribution < -0.4 is 19.3 Å². The number of carbonyl (C=O) groups is 1. The van der Waals surface area contributed by atoms with Gasteiger partial charge in [0.15, 0.2) is 5.82 Å². The summed E-state index contributed by atoms with van der Waals surface area (Å²) in [5.74, 6) is 1.44. The Morgan fingerprint density at radius 2 is 1.55 bits per heavy atom. The number of fused-ring (bicyclic) bond motifs is 3. The standard InChI is InChI=1S/C36H33ClF2N6O4/c1-20-12-29(40-30(13-20)43(16-21-4-8-25(48-2)9-5-21)17-22-6-10-26(49-3)11-7-22)31-28(37)15-27-33(32(31)38)41-35(39)42-34(27)44-18-24-14-23(44)19-45(24)36(46)47/h4-13,15,23-24H,14,16-19H2,1-3H3,(H,46,47). The van der Waals surface area contributed by atoms with E-state index in [1.807, 2.05) is 66.4 Å². The molecule has 7 rings (SSSR count). The van der Waals surface area contributed by atoms with Crippen LogP contribution in [0, 0.1) is 18.8 Å². The van der Waals surface area contributed by atoms with Crippen molar-refractivity contribution in [3.63, 3.8) is 0 Å². The molecule has 0 spiro atoms. The van der Waals surface area contributed by atoms with Crippen molar-refractivity contribution in [3.05, 3.63) is 100 Å². The van der Waals surface area contributed by atoms with Crippen LogP contribution in [0.15, 0.2) is 66.7 Å². The number of methoxy groups -OCH3 is 2. The zero-order chi connectivity index (χ0) is 34.4. The van der Waals surface area contributed by atoms with Gasteiger partial charge in [0.05, 0.1) is 42.6 Å². The number of aromatic nitrogens is 3. The second-order valence-corrected chi connectivity index (χ2v) is 12.7. The zero-order valence-corrected chi connectivity index (χ0v) is 27.8. The van der Waals surface area contributed by atoms with E-state index >= 15 is 4.39 Å². The average Bonchev–Trinajstić information content (AvgIpc) is 3.71. The van der Waals surface area contributed by atoms with Gasteiger partial charge in [-0.05, 0) is 72.5 Å². The van der Waals surface area contributed by atoms with Crippen molar-refractivity contribution in [1.29, 1.82) is 0 Å². The van der Waals surface area contributed by atoms with Gasteiger partial charge in [-0.1, -0.05) is 35.9 Å². The highest BCUT2D eigenvalue weighted by atomic mass is 35.5. The van der Waals surface area contributed by atoms with E-state index in [-0.39, 0.29) is 51.6 Å². The predicted molar refractivity (Wildman–Crippen MR) is 183 cm³/mol. The van der Waals surface area contributed by atoms with Gasteiger partial charge in [-0.25, -0.2) is 14.2 Å². The van der Waals surface area contributed by atoms with E-state index in [1.165, 1.54) is 4.90 Å². The number of pyridine rings is 1. The molecule has 49 heavy (non-hydrogen) atoms. The van der Waals surface area contributed by atoms with E-state index in [2.05, 4.69) is 14.9 Å². The molecular formula is C36H33ClF2N6O4. The summed E-state index contributed by atoms with van der Waals surface area (Å²) in [5, 5.41) is 9.83. The molecule has 0 saturated carbocycles. The first kappa shape index (κ1) is 32.3. The summed E-state index contributed by atoms with van der Waals surface area (Å²) in [4.78, 5) is 29.7. The SMILES string of the molecule is COc1ccc(CN(Cc2ccc(OC)cc2)c2cc(C)cc(-c3c(Cl)cc4c(N5CC6CC5CN6C(=O)O)nc(F)nc4c3F)n2)cc1. The van der Waals surface area contributed by atoms with Crippen LogP contribution >= 0.6 is 11.6 Å². The number of aryl methyl sites for hydroxylation is 1. The number of amides is 1. The van der Waals surface area contributed by atoms with Crippen molar-refractivity contribution in [3.8, 4) is 22.8 Å². The lowest BCUT2D eigenvalue weighted by Gasteiger charge is -2.33. The molecule has 2 unspecified atom stereocenters. The van der Waals surface area contributed by atoms with Crippen molar-refractivity contribution in [2.75, 3.05) is 37.1 Å². The molecule has 2 bridgehead atoms. The first-order valence-electron chi connectivity index (χ1n) is 15.7. The molecule has 13 heteroatoms. The molecule has 2 aliphatic rings. The Bertz CT molecular complexity index is 2000. The van der Waals surface area contributed by atoms with Gasteiger partial charge in [0.2, 0.25) is 0 Å². The highest BCUT2D eigenvalue weighted by molar-refractivity contribution is 6.34. The molecule has 0 aliphatic carbocycles. The largest absolute Gasteiger partial charge is 0.497 e. The fourth-order valence-corrected chi connectivity index (χ4v) is 7.12. The molecule has 3 aromatic carbocycles. The van der Waals surface area contributed by atoms with Crippen molar-refractivity contribution in [2.24, 2.45) is 0 Å². The second-order valence-electron chi connectivity index (χ2n) is 12.3. The predicted octanol–water partition coefficient (Wildman–Crippen LogP) is 7.10. The number of rotatable bonds is 9. The quantitative estimate of drug-likeness (QED) is 0.163. The number of nitrogens with zero attached hydrogens (tertiary/aromatic N) is 6. The molecule has 2 atom stereocenters. The van der Waals surface area contributed by atoms with Crippen molar-refractivity contribution in [2.45, 2.75) is 38.5 Å². The summed E-state index contributed by atoms with van der Waals surface area (Å²) in [5.41, 5.74) is 2.88. The van der Waals surface area contributed by atoms with Crippen molar-refractivity contribution in [1.82, 2.24) is 19.9 Å². The van der Waals surface area contributed by atoms with Gasteiger partial charge in [0.25, 0.3) is 0 Å². The molecule has 2 aromatic heterocycles. The zero-order valence-electron chi connectivity index (χ0n) is 27.0. The van der Waals surface area contributed by atoms with Crippen LogP contribution in [0.25, 0.3) is 22.2 Å². The Labute approximate surface area is 286 Å². The number of hydrogen-bond acceptors (Lipinski definition) is 8. The monoisotopic (exact) mass is 686 g/mol. The van der Waals surface area contributed by atoms with Crippen molar-refractivity contribution < 1.29 is 28.2 Å². The number of likely N-dealkylation sites (tertiary alicyclic amines) is 1. The number of ether oxygens (including phenoxy) is 2. The topological polar surface area (TPSA) is 104 Å². The maximum absolute atomic E-state index is 16.6.